The van der Waals surface area contributed by atoms with E-state index in [1.807, 2.05) is 27.7 Å². The molecule has 0 fully saturated rings. The Kier molecular flexibility index (Phi) is 8.16. The number of rotatable bonds is 8. The third-order valence-electron chi connectivity index (χ3n) is 3.52. The van der Waals surface area contributed by atoms with Crippen molar-refractivity contribution in [2.45, 2.75) is 54.1 Å². The normalized spacial score (nSPS) is 11.6. The number of aromatic nitrogens is 2. The molecule has 0 bridgehead atoms. The summed E-state index contributed by atoms with van der Waals surface area (Å²) in [4.78, 5) is 25.7. The first-order valence-electron chi connectivity index (χ1n) is 8.64. The highest BCUT2D eigenvalue weighted by atomic mass is 35.5. The van der Waals surface area contributed by atoms with Crippen molar-refractivity contribution in [2.75, 3.05) is 13.1 Å². The van der Waals surface area contributed by atoms with Gasteiger partial charge in [-0.05, 0) is 39.7 Å². The molecular weight excluding hydrogens is 340 g/mol. The van der Waals surface area contributed by atoms with Crippen LogP contribution in [0.2, 0.25) is 5.15 Å². The fraction of sp³-hybridized carbons (Fsp3) is 0.611. The number of carbonyl (C=O) groups excluding carboxylic acids is 2. The summed E-state index contributed by atoms with van der Waals surface area (Å²) in [5.41, 5.74) is 1.51. The second-order valence-corrected chi connectivity index (χ2v) is 7.13. The molecule has 1 heterocycles. The summed E-state index contributed by atoms with van der Waals surface area (Å²) < 4.78 is 1.75. The maximum absolute atomic E-state index is 12.4. The summed E-state index contributed by atoms with van der Waals surface area (Å²) in [5, 5.41) is 7.73. The van der Waals surface area contributed by atoms with Crippen molar-refractivity contribution in [1.29, 1.82) is 0 Å². The van der Waals surface area contributed by atoms with Crippen LogP contribution in [0.25, 0.3) is 6.08 Å². The van der Waals surface area contributed by atoms with Crippen LogP contribution in [-0.2, 0) is 16.1 Å². The minimum atomic E-state index is -0.228. The van der Waals surface area contributed by atoms with Gasteiger partial charge in [0, 0.05) is 30.8 Å². The molecule has 1 N–H and O–H groups in total. The minimum absolute atomic E-state index is 0.0389. The lowest BCUT2D eigenvalue weighted by Crippen LogP contribution is -2.42. The number of halogens is 1. The zero-order valence-corrected chi connectivity index (χ0v) is 16.7. The van der Waals surface area contributed by atoms with E-state index in [9.17, 15) is 9.59 Å². The number of nitrogens with one attached hydrogen (secondary N) is 1. The summed E-state index contributed by atoms with van der Waals surface area (Å²) in [6.07, 6.45) is 3.12. The Bertz CT molecular complexity index is 635. The molecule has 6 nitrogen and oxygen atoms in total. The molecule has 0 unspecified atom stereocenters. The van der Waals surface area contributed by atoms with E-state index in [2.05, 4.69) is 24.3 Å². The van der Waals surface area contributed by atoms with Gasteiger partial charge in [-0.1, -0.05) is 25.4 Å². The fourth-order valence-electron chi connectivity index (χ4n) is 2.37. The van der Waals surface area contributed by atoms with E-state index in [-0.39, 0.29) is 24.4 Å². The predicted octanol–water partition coefficient (Wildman–Crippen LogP) is 2.89. The van der Waals surface area contributed by atoms with Crippen LogP contribution in [-0.4, -0.2) is 45.6 Å². The van der Waals surface area contributed by atoms with Crippen molar-refractivity contribution in [3.63, 3.8) is 0 Å². The average molecular weight is 369 g/mol. The summed E-state index contributed by atoms with van der Waals surface area (Å²) in [5.74, 6) is 0.0244. The molecule has 0 saturated carbocycles. The molecule has 0 aliphatic carbocycles. The van der Waals surface area contributed by atoms with Crippen LogP contribution in [0.15, 0.2) is 6.08 Å². The molecule has 7 heteroatoms. The van der Waals surface area contributed by atoms with E-state index in [1.54, 1.807) is 10.8 Å². The van der Waals surface area contributed by atoms with Gasteiger partial charge in [0.15, 0.2) is 0 Å². The first-order chi connectivity index (χ1) is 11.6. The molecule has 0 aliphatic rings. The van der Waals surface area contributed by atoms with Crippen molar-refractivity contribution in [3.8, 4) is 0 Å². The monoisotopic (exact) mass is 368 g/mol. The number of hydrogen-bond donors (Lipinski definition) is 1. The fourth-order valence-corrected chi connectivity index (χ4v) is 2.68. The van der Waals surface area contributed by atoms with E-state index < -0.39 is 0 Å². The van der Waals surface area contributed by atoms with Crippen LogP contribution in [0, 0.1) is 12.8 Å². The predicted molar refractivity (Wildman–Crippen MR) is 101 cm³/mol. The first-order valence-corrected chi connectivity index (χ1v) is 9.02. The molecule has 0 atom stereocenters. The molecule has 0 saturated heterocycles. The van der Waals surface area contributed by atoms with Gasteiger partial charge in [0.2, 0.25) is 11.8 Å². The van der Waals surface area contributed by atoms with Crippen LogP contribution in [0.4, 0.5) is 0 Å². The van der Waals surface area contributed by atoms with Gasteiger partial charge in [0.25, 0.3) is 0 Å². The molecule has 25 heavy (non-hydrogen) atoms. The van der Waals surface area contributed by atoms with Gasteiger partial charge in [-0.3, -0.25) is 14.3 Å². The zero-order valence-electron chi connectivity index (χ0n) is 16.0. The van der Waals surface area contributed by atoms with Crippen LogP contribution in [0.1, 0.15) is 45.9 Å². The topological polar surface area (TPSA) is 67.2 Å². The van der Waals surface area contributed by atoms with Crippen molar-refractivity contribution in [2.24, 2.45) is 5.92 Å². The number of aryl methyl sites for hydroxylation is 1. The number of nitrogens with zero attached hydrogens (tertiary/aromatic N) is 3. The lowest BCUT2D eigenvalue weighted by molar-refractivity contribution is -0.132. The van der Waals surface area contributed by atoms with Gasteiger partial charge in [-0.15, -0.1) is 0 Å². The molecule has 0 radical (unpaired) electrons. The van der Waals surface area contributed by atoms with Gasteiger partial charge in [-0.25, -0.2) is 0 Å². The Morgan fingerprint density at radius 2 is 1.96 bits per heavy atom. The Labute approximate surface area is 155 Å². The average Bonchev–Trinajstić information content (AvgIpc) is 2.75. The third-order valence-corrected chi connectivity index (χ3v) is 3.92. The van der Waals surface area contributed by atoms with Gasteiger partial charge in [-0.2, -0.15) is 5.10 Å². The maximum atomic E-state index is 12.4. The lowest BCUT2D eigenvalue weighted by Gasteiger charge is -2.19. The van der Waals surface area contributed by atoms with E-state index in [0.717, 1.165) is 17.8 Å². The second-order valence-electron chi connectivity index (χ2n) is 6.77. The molecular formula is C18H29ClN4O2. The van der Waals surface area contributed by atoms with E-state index in [0.29, 0.717) is 17.6 Å². The van der Waals surface area contributed by atoms with E-state index >= 15 is 0 Å². The first kappa shape index (κ1) is 21.2. The van der Waals surface area contributed by atoms with E-state index in [1.165, 1.54) is 11.0 Å². The van der Waals surface area contributed by atoms with Crippen LogP contribution in [0.3, 0.4) is 0 Å². The Hall–Kier alpha value is -1.82. The SMILES string of the molecule is CCN(CC(=O)NC(C)C)C(=O)/C=C/c1c(C)nn(CC(C)C)c1Cl. The van der Waals surface area contributed by atoms with Crippen LogP contribution in [0.5, 0.6) is 0 Å². The molecule has 140 valence electrons. The highest BCUT2D eigenvalue weighted by molar-refractivity contribution is 6.31. The number of amides is 2. The van der Waals surface area contributed by atoms with Gasteiger partial charge in [0.05, 0.1) is 12.2 Å². The number of carbonyl (C=O) groups is 2. The molecule has 1 rings (SSSR count). The second kappa shape index (κ2) is 9.61. The van der Waals surface area contributed by atoms with Gasteiger partial charge < -0.3 is 10.2 Å². The van der Waals surface area contributed by atoms with E-state index in [4.69, 9.17) is 11.6 Å². The maximum Gasteiger partial charge on any atom is 0.247 e. The van der Waals surface area contributed by atoms with Crippen molar-refractivity contribution < 1.29 is 9.59 Å². The van der Waals surface area contributed by atoms with Gasteiger partial charge in [0.1, 0.15) is 5.15 Å². The molecule has 0 aliphatic heterocycles. The minimum Gasteiger partial charge on any atom is -0.352 e. The van der Waals surface area contributed by atoms with Crippen molar-refractivity contribution in [3.05, 3.63) is 22.5 Å². The summed E-state index contributed by atoms with van der Waals surface area (Å²) >= 11 is 6.37. The van der Waals surface area contributed by atoms with Crippen LogP contribution < -0.4 is 5.32 Å². The summed E-state index contributed by atoms with van der Waals surface area (Å²) in [6, 6.07) is 0.0464. The standard InChI is InChI=1S/C18H29ClN4O2/c1-7-22(11-16(24)20-13(4)5)17(25)9-8-15-14(6)21-23(18(15)19)10-12(2)3/h8-9,12-13H,7,10-11H2,1-6H3,(H,20,24)/b9-8+. The molecule has 1 aromatic rings. The Morgan fingerprint density at radius 3 is 2.48 bits per heavy atom. The molecule has 0 aromatic carbocycles. The van der Waals surface area contributed by atoms with Crippen molar-refractivity contribution >= 4 is 29.5 Å². The van der Waals surface area contributed by atoms with Crippen LogP contribution >= 0.6 is 11.6 Å². The highest BCUT2D eigenvalue weighted by Gasteiger charge is 2.16. The number of likely N-dealkylation sites (N-methyl/N-ethyl adjacent to an activating group) is 1. The quantitative estimate of drug-likeness (QED) is 0.717. The Balaban J connectivity index is 2.84. The largest absolute Gasteiger partial charge is 0.352 e. The Morgan fingerprint density at radius 1 is 1.32 bits per heavy atom. The smallest absolute Gasteiger partial charge is 0.247 e. The summed E-state index contributed by atoms with van der Waals surface area (Å²) in [7, 11) is 0. The molecule has 0 spiro atoms. The zero-order chi connectivity index (χ0) is 19.1. The summed E-state index contributed by atoms with van der Waals surface area (Å²) in [6.45, 7) is 12.9. The van der Waals surface area contributed by atoms with Gasteiger partial charge >= 0.3 is 0 Å². The third kappa shape index (κ3) is 6.53. The lowest BCUT2D eigenvalue weighted by atomic mass is 10.2. The molecule has 1 aromatic heterocycles. The highest BCUT2D eigenvalue weighted by Crippen LogP contribution is 2.22. The van der Waals surface area contributed by atoms with Crippen molar-refractivity contribution in [1.82, 2.24) is 20.0 Å². The molecule has 2 amide bonds. The number of hydrogen-bond acceptors (Lipinski definition) is 3.